The second-order valence-electron chi connectivity index (χ2n) is 3.94. The molecule has 3 atom stereocenters. The van der Waals surface area contributed by atoms with Crippen LogP contribution in [0.3, 0.4) is 0 Å². The number of Topliss-reactive ketones (excluding diaryl/α,β-unsaturated/α-hetero) is 1. The van der Waals surface area contributed by atoms with E-state index in [1.165, 1.54) is 6.42 Å². The number of hydrogen-bond acceptors (Lipinski definition) is 2. The summed E-state index contributed by atoms with van der Waals surface area (Å²) in [4.78, 5) is 11.3. The number of nitrogens with two attached hydrogens (primary N) is 1. The van der Waals surface area contributed by atoms with Crippen LogP contribution in [0.1, 0.15) is 32.1 Å². The van der Waals surface area contributed by atoms with E-state index in [0.717, 1.165) is 25.7 Å². The number of carbonyl (C=O) groups excluding carboxylic acids is 1. The van der Waals surface area contributed by atoms with Crippen molar-refractivity contribution in [3.05, 3.63) is 0 Å². The Morgan fingerprint density at radius 3 is 2.91 bits per heavy atom. The highest BCUT2D eigenvalue weighted by Crippen LogP contribution is 2.39. The fourth-order valence-electron chi connectivity index (χ4n) is 2.52. The molecule has 2 saturated carbocycles. The number of rotatable bonds is 0. The van der Waals surface area contributed by atoms with Gasteiger partial charge in [-0.05, 0) is 31.6 Å². The van der Waals surface area contributed by atoms with Gasteiger partial charge in [0.1, 0.15) is 5.78 Å². The summed E-state index contributed by atoms with van der Waals surface area (Å²) in [6.45, 7) is 0. The third-order valence-corrected chi connectivity index (χ3v) is 3.21. The molecule has 2 aliphatic carbocycles. The van der Waals surface area contributed by atoms with Crippen LogP contribution in [0.4, 0.5) is 0 Å². The Labute approximate surface area is 67.1 Å². The molecule has 0 amide bonds. The normalized spacial score (nSPS) is 44.1. The predicted octanol–water partition coefficient (Wildman–Crippen LogP) is 1.09. The van der Waals surface area contributed by atoms with E-state index in [9.17, 15) is 4.79 Å². The van der Waals surface area contributed by atoms with Crippen LogP contribution >= 0.6 is 0 Å². The summed E-state index contributed by atoms with van der Waals surface area (Å²) in [5, 5.41) is 0. The first-order chi connectivity index (χ1) is 5.27. The van der Waals surface area contributed by atoms with Gasteiger partial charge in [0.15, 0.2) is 0 Å². The van der Waals surface area contributed by atoms with Gasteiger partial charge in [-0.25, -0.2) is 0 Å². The van der Waals surface area contributed by atoms with Crippen LogP contribution in [0, 0.1) is 11.8 Å². The molecule has 2 nitrogen and oxygen atoms in total. The number of ketones is 1. The van der Waals surface area contributed by atoms with E-state index in [2.05, 4.69) is 0 Å². The fraction of sp³-hybridized carbons (Fsp3) is 0.889. The molecule has 0 bridgehead atoms. The van der Waals surface area contributed by atoms with Crippen LogP contribution in [0.2, 0.25) is 0 Å². The molecule has 2 rings (SSSR count). The quantitative estimate of drug-likeness (QED) is 0.566. The Morgan fingerprint density at radius 2 is 2.09 bits per heavy atom. The summed E-state index contributed by atoms with van der Waals surface area (Å²) < 4.78 is 0. The first-order valence-electron chi connectivity index (χ1n) is 4.55. The Bertz CT molecular complexity index is 178. The molecule has 62 valence electrons. The maximum atomic E-state index is 11.3. The Kier molecular flexibility index (Phi) is 1.72. The van der Waals surface area contributed by atoms with E-state index < -0.39 is 0 Å². The monoisotopic (exact) mass is 153 g/mol. The molecule has 0 aromatic rings. The first kappa shape index (κ1) is 7.29. The molecule has 2 N–H and O–H groups in total. The molecule has 2 heteroatoms. The minimum Gasteiger partial charge on any atom is -0.328 e. The summed E-state index contributed by atoms with van der Waals surface area (Å²) in [5.74, 6) is 1.52. The molecule has 0 spiro atoms. The van der Waals surface area contributed by atoms with E-state index in [-0.39, 0.29) is 0 Å². The highest BCUT2D eigenvalue weighted by Gasteiger charge is 2.38. The molecule has 0 radical (unpaired) electrons. The van der Waals surface area contributed by atoms with Crippen LogP contribution in [-0.2, 0) is 4.79 Å². The summed E-state index contributed by atoms with van der Waals surface area (Å²) in [5.41, 5.74) is 5.80. The Hall–Kier alpha value is -0.370. The second-order valence-corrected chi connectivity index (χ2v) is 3.94. The zero-order valence-electron chi connectivity index (χ0n) is 6.75. The number of carbonyl (C=O) groups is 1. The average Bonchev–Trinajstić information content (AvgIpc) is 2.33. The largest absolute Gasteiger partial charge is 0.328 e. The molecule has 0 aromatic carbocycles. The molecule has 0 heterocycles. The van der Waals surface area contributed by atoms with E-state index in [1.54, 1.807) is 0 Å². The van der Waals surface area contributed by atoms with E-state index in [1.807, 2.05) is 0 Å². The third kappa shape index (κ3) is 1.20. The third-order valence-electron chi connectivity index (χ3n) is 3.21. The van der Waals surface area contributed by atoms with Crippen LogP contribution in [0.5, 0.6) is 0 Å². The van der Waals surface area contributed by atoms with E-state index in [0.29, 0.717) is 23.7 Å². The van der Waals surface area contributed by atoms with Gasteiger partial charge < -0.3 is 5.73 Å². The predicted molar refractivity (Wildman–Crippen MR) is 43.0 cm³/mol. The maximum absolute atomic E-state index is 11.3. The molecule has 11 heavy (non-hydrogen) atoms. The van der Waals surface area contributed by atoms with Crippen molar-refractivity contribution in [2.45, 2.75) is 38.1 Å². The summed E-state index contributed by atoms with van der Waals surface area (Å²) in [7, 11) is 0. The van der Waals surface area contributed by atoms with E-state index >= 15 is 0 Å². The van der Waals surface area contributed by atoms with Gasteiger partial charge in [0.05, 0.1) is 0 Å². The number of hydrogen-bond donors (Lipinski definition) is 1. The smallest absolute Gasteiger partial charge is 0.136 e. The van der Waals surface area contributed by atoms with Crippen molar-refractivity contribution in [3.63, 3.8) is 0 Å². The highest BCUT2D eigenvalue weighted by molar-refractivity contribution is 5.83. The zero-order valence-corrected chi connectivity index (χ0v) is 6.75. The lowest BCUT2D eigenvalue weighted by molar-refractivity contribution is -0.122. The van der Waals surface area contributed by atoms with Crippen molar-refractivity contribution in [2.24, 2.45) is 17.6 Å². The van der Waals surface area contributed by atoms with E-state index in [4.69, 9.17) is 5.73 Å². The molecule has 3 unspecified atom stereocenters. The van der Waals surface area contributed by atoms with Gasteiger partial charge in [0.2, 0.25) is 0 Å². The first-order valence-corrected chi connectivity index (χ1v) is 4.55. The highest BCUT2D eigenvalue weighted by atomic mass is 16.1. The van der Waals surface area contributed by atoms with Crippen molar-refractivity contribution >= 4 is 5.78 Å². The van der Waals surface area contributed by atoms with Crippen molar-refractivity contribution in [3.8, 4) is 0 Å². The SMILES string of the molecule is NC1CCC2CCC(=O)C2C1. The second kappa shape index (κ2) is 2.59. The van der Waals surface area contributed by atoms with Crippen LogP contribution in [0.25, 0.3) is 0 Å². The number of fused-ring (bicyclic) bond motifs is 1. The van der Waals surface area contributed by atoms with Gasteiger partial charge in [-0.1, -0.05) is 0 Å². The lowest BCUT2D eigenvalue weighted by Crippen LogP contribution is -2.33. The Morgan fingerprint density at radius 1 is 1.27 bits per heavy atom. The van der Waals surface area contributed by atoms with Gasteiger partial charge >= 0.3 is 0 Å². The molecule has 0 aliphatic heterocycles. The summed E-state index contributed by atoms with van der Waals surface area (Å²) >= 11 is 0. The molecular weight excluding hydrogens is 138 g/mol. The standard InChI is InChI=1S/C9H15NO/c10-7-3-1-6-2-4-9(11)8(6)5-7/h6-8H,1-5,10H2. The molecule has 2 aliphatic rings. The van der Waals surface area contributed by atoms with Crippen molar-refractivity contribution in [2.75, 3.05) is 0 Å². The Balaban J connectivity index is 2.07. The minimum atomic E-state index is 0.304. The van der Waals surface area contributed by atoms with Crippen LogP contribution < -0.4 is 5.73 Å². The van der Waals surface area contributed by atoms with Crippen molar-refractivity contribution in [1.82, 2.24) is 0 Å². The molecular formula is C9H15NO. The fourth-order valence-corrected chi connectivity index (χ4v) is 2.52. The van der Waals surface area contributed by atoms with Crippen LogP contribution in [-0.4, -0.2) is 11.8 Å². The van der Waals surface area contributed by atoms with Gasteiger partial charge in [0.25, 0.3) is 0 Å². The minimum absolute atomic E-state index is 0.304. The lowest BCUT2D eigenvalue weighted by atomic mass is 9.79. The zero-order chi connectivity index (χ0) is 7.84. The summed E-state index contributed by atoms with van der Waals surface area (Å²) in [6.07, 6.45) is 5.24. The van der Waals surface area contributed by atoms with Gasteiger partial charge in [-0.3, -0.25) is 4.79 Å². The molecule has 0 aromatic heterocycles. The lowest BCUT2D eigenvalue weighted by Gasteiger charge is -2.28. The van der Waals surface area contributed by atoms with Crippen LogP contribution in [0.15, 0.2) is 0 Å². The average molecular weight is 153 g/mol. The maximum Gasteiger partial charge on any atom is 0.136 e. The van der Waals surface area contributed by atoms with Crippen molar-refractivity contribution < 1.29 is 4.79 Å². The molecule has 0 saturated heterocycles. The van der Waals surface area contributed by atoms with Crippen molar-refractivity contribution in [1.29, 1.82) is 0 Å². The topological polar surface area (TPSA) is 43.1 Å². The molecule has 2 fully saturated rings. The van der Waals surface area contributed by atoms with Gasteiger partial charge in [0, 0.05) is 18.4 Å². The summed E-state index contributed by atoms with van der Waals surface area (Å²) in [6, 6.07) is 0.304. The van der Waals surface area contributed by atoms with Gasteiger partial charge in [-0.2, -0.15) is 0 Å². The van der Waals surface area contributed by atoms with Gasteiger partial charge in [-0.15, -0.1) is 0 Å².